The summed E-state index contributed by atoms with van der Waals surface area (Å²) in [6.45, 7) is 4.05. The molecule has 2 aromatic carbocycles. The highest BCUT2D eigenvalue weighted by atomic mass is 35.5. The molecule has 0 aliphatic rings. The normalized spacial score (nSPS) is 11.1. The van der Waals surface area contributed by atoms with Crippen LogP contribution in [-0.2, 0) is 6.61 Å². The molecular formula is C22H17ClO4. The van der Waals surface area contributed by atoms with Crippen LogP contribution < -0.4 is 10.2 Å². The van der Waals surface area contributed by atoms with E-state index in [0.717, 1.165) is 16.7 Å². The lowest BCUT2D eigenvalue weighted by atomic mass is 10.1. The van der Waals surface area contributed by atoms with Gasteiger partial charge in [-0.2, -0.15) is 0 Å². The number of hydrogen-bond donors (Lipinski definition) is 0. The summed E-state index contributed by atoms with van der Waals surface area (Å²) in [5, 5.41) is 1.10. The van der Waals surface area contributed by atoms with Crippen molar-refractivity contribution < 1.29 is 13.6 Å². The summed E-state index contributed by atoms with van der Waals surface area (Å²) < 4.78 is 17.4. The summed E-state index contributed by atoms with van der Waals surface area (Å²) in [4.78, 5) is 13.2. The molecule has 0 saturated carbocycles. The van der Waals surface area contributed by atoms with Gasteiger partial charge in [-0.3, -0.25) is 4.79 Å². The van der Waals surface area contributed by atoms with Gasteiger partial charge in [0, 0.05) is 5.02 Å². The lowest BCUT2D eigenvalue weighted by molar-refractivity contribution is 0.296. The van der Waals surface area contributed by atoms with Crippen molar-refractivity contribution in [2.45, 2.75) is 20.5 Å². The topological polar surface area (TPSA) is 52.6 Å². The second kappa shape index (κ2) is 6.97. The van der Waals surface area contributed by atoms with Gasteiger partial charge < -0.3 is 13.6 Å². The van der Waals surface area contributed by atoms with E-state index in [9.17, 15) is 4.79 Å². The molecule has 0 amide bonds. The number of hydrogen-bond acceptors (Lipinski definition) is 4. The third-order valence-electron chi connectivity index (χ3n) is 4.30. The molecule has 0 bridgehead atoms. The number of halogens is 1. The first-order valence-electron chi connectivity index (χ1n) is 8.52. The van der Waals surface area contributed by atoms with Crippen LogP contribution in [0.5, 0.6) is 5.75 Å². The molecule has 0 atom stereocenters. The van der Waals surface area contributed by atoms with Crippen molar-refractivity contribution in [3.63, 3.8) is 0 Å². The molecule has 4 rings (SSSR count). The Morgan fingerprint density at radius 2 is 1.93 bits per heavy atom. The lowest BCUT2D eigenvalue weighted by Gasteiger charge is -2.12. The van der Waals surface area contributed by atoms with E-state index in [2.05, 4.69) is 0 Å². The number of rotatable bonds is 4. The van der Waals surface area contributed by atoms with E-state index in [0.29, 0.717) is 21.8 Å². The monoisotopic (exact) mass is 380 g/mol. The Kier molecular flexibility index (Phi) is 4.50. The van der Waals surface area contributed by atoms with Crippen molar-refractivity contribution in [2.75, 3.05) is 0 Å². The predicted molar refractivity (Wildman–Crippen MR) is 105 cm³/mol. The molecule has 4 aromatic rings. The SMILES string of the molecule is Cc1cc(C)c2oc(-c3ccco3)c(OCc3cccc(Cl)c3)c(=O)c2c1. The molecule has 4 nitrogen and oxygen atoms in total. The summed E-state index contributed by atoms with van der Waals surface area (Å²) >= 11 is 6.03. The molecule has 2 aromatic heterocycles. The highest BCUT2D eigenvalue weighted by Crippen LogP contribution is 2.33. The fourth-order valence-electron chi connectivity index (χ4n) is 3.12. The summed E-state index contributed by atoms with van der Waals surface area (Å²) in [5.74, 6) is 0.851. The zero-order valence-corrected chi connectivity index (χ0v) is 15.7. The van der Waals surface area contributed by atoms with Gasteiger partial charge in [0.05, 0.1) is 11.6 Å². The minimum atomic E-state index is -0.225. The van der Waals surface area contributed by atoms with Crippen LogP contribution in [0.4, 0.5) is 0 Å². The van der Waals surface area contributed by atoms with E-state index < -0.39 is 0 Å². The molecule has 27 heavy (non-hydrogen) atoms. The summed E-state index contributed by atoms with van der Waals surface area (Å²) in [6, 6.07) is 14.6. The zero-order valence-electron chi connectivity index (χ0n) is 14.9. The zero-order chi connectivity index (χ0) is 19.0. The van der Waals surface area contributed by atoms with Crippen molar-refractivity contribution in [3.8, 4) is 17.3 Å². The van der Waals surface area contributed by atoms with E-state index in [-0.39, 0.29) is 23.5 Å². The highest BCUT2D eigenvalue weighted by Gasteiger charge is 2.21. The number of benzene rings is 2. The molecule has 0 saturated heterocycles. The molecule has 136 valence electrons. The maximum atomic E-state index is 13.2. The maximum absolute atomic E-state index is 13.2. The first-order chi connectivity index (χ1) is 13.0. The van der Waals surface area contributed by atoms with Crippen LogP contribution >= 0.6 is 11.6 Å². The fraction of sp³-hybridized carbons (Fsp3) is 0.136. The van der Waals surface area contributed by atoms with Gasteiger partial charge in [0.1, 0.15) is 12.2 Å². The van der Waals surface area contributed by atoms with E-state index in [1.54, 1.807) is 24.3 Å². The Balaban J connectivity index is 1.87. The molecule has 2 heterocycles. The van der Waals surface area contributed by atoms with E-state index in [4.69, 9.17) is 25.2 Å². The minimum absolute atomic E-state index is 0.127. The van der Waals surface area contributed by atoms with Crippen LogP contribution in [0.1, 0.15) is 16.7 Å². The largest absolute Gasteiger partial charge is 0.481 e. The quantitative estimate of drug-likeness (QED) is 0.442. The van der Waals surface area contributed by atoms with Gasteiger partial charge in [-0.05, 0) is 60.9 Å². The van der Waals surface area contributed by atoms with Crippen LogP contribution in [0.2, 0.25) is 5.02 Å². The number of fused-ring (bicyclic) bond motifs is 1. The molecule has 0 aliphatic carbocycles. The van der Waals surface area contributed by atoms with Crippen LogP contribution in [0.3, 0.4) is 0 Å². The molecule has 0 aliphatic heterocycles. The Morgan fingerprint density at radius 3 is 2.67 bits per heavy atom. The van der Waals surface area contributed by atoms with Crippen molar-refractivity contribution in [1.82, 2.24) is 0 Å². The Morgan fingerprint density at radius 1 is 1.07 bits per heavy atom. The number of aryl methyl sites for hydroxylation is 2. The summed E-state index contributed by atoms with van der Waals surface area (Å²) in [6.07, 6.45) is 1.53. The smallest absolute Gasteiger partial charge is 0.235 e. The van der Waals surface area contributed by atoms with Crippen molar-refractivity contribution in [2.24, 2.45) is 0 Å². The summed E-state index contributed by atoms with van der Waals surface area (Å²) in [7, 11) is 0. The molecular weight excluding hydrogens is 364 g/mol. The third kappa shape index (κ3) is 3.36. The molecule has 0 spiro atoms. The van der Waals surface area contributed by atoms with Crippen LogP contribution in [0, 0.1) is 13.8 Å². The van der Waals surface area contributed by atoms with Gasteiger partial charge in [0.25, 0.3) is 0 Å². The van der Waals surface area contributed by atoms with Gasteiger partial charge in [-0.25, -0.2) is 0 Å². The van der Waals surface area contributed by atoms with Gasteiger partial charge in [-0.15, -0.1) is 0 Å². The number of furan rings is 1. The van der Waals surface area contributed by atoms with Gasteiger partial charge in [0.15, 0.2) is 5.76 Å². The molecule has 5 heteroatoms. The first kappa shape index (κ1) is 17.4. The second-order valence-electron chi connectivity index (χ2n) is 6.44. The van der Waals surface area contributed by atoms with Crippen LogP contribution in [-0.4, -0.2) is 0 Å². The maximum Gasteiger partial charge on any atom is 0.235 e. The highest BCUT2D eigenvalue weighted by molar-refractivity contribution is 6.30. The Labute approximate surface area is 160 Å². The average Bonchev–Trinajstić information content (AvgIpc) is 3.16. The van der Waals surface area contributed by atoms with Crippen molar-refractivity contribution in [3.05, 3.63) is 86.7 Å². The molecule has 0 N–H and O–H groups in total. The summed E-state index contributed by atoms with van der Waals surface area (Å²) in [5.41, 5.74) is 3.03. The second-order valence-corrected chi connectivity index (χ2v) is 6.88. The van der Waals surface area contributed by atoms with Gasteiger partial charge in [-0.1, -0.05) is 29.8 Å². The predicted octanol–water partition coefficient (Wildman–Crippen LogP) is 5.90. The van der Waals surface area contributed by atoms with Crippen molar-refractivity contribution in [1.29, 1.82) is 0 Å². The minimum Gasteiger partial charge on any atom is -0.481 e. The Hall–Kier alpha value is -2.98. The lowest BCUT2D eigenvalue weighted by Crippen LogP contribution is -2.11. The van der Waals surface area contributed by atoms with Gasteiger partial charge >= 0.3 is 0 Å². The van der Waals surface area contributed by atoms with Crippen LogP contribution in [0.25, 0.3) is 22.5 Å². The molecule has 0 unspecified atom stereocenters. The third-order valence-corrected chi connectivity index (χ3v) is 4.53. The van der Waals surface area contributed by atoms with E-state index in [1.165, 1.54) is 6.26 Å². The number of ether oxygens (including phenoxy) is 1. The van der Waals surface area contributed by atoms with E-state index >= 15 is 0 Å². The van der Waals surface area contributed by atoms with Crippen molar-refractivity contribution >= 4 is 22.6 Å². The van der Waals surface area contributed by atoms with Gasteiger partial charge in [0.2, 0.25) is 16.9 Å². The standard InChI is InChI=1S/C22H17ClO4/c1-13-9-14(2)20-17(10-13)19(24)22(21(27-20)18-7-4-8-25-18)26-12-15-5-3-6-16(23)11-15/h3-11H,12H2,1-2H3. The molecule has 0 fully saturated rings. The fourth-order valence-corrected chi connectivity index (χ4v) is 3.33. The van der Waals surface area contributed by atoms with E-state index in [1.807, 2.05) is 38.1 Å². The molecule has 0 radical (unpaired) electrons. The Bertz CT molecular complexity index is 1170. The van der Waals surface area contributed by atoms with Crippen LogP contribution in [0.15, 0.2) is 68.4 Å². The average molecular weight is 381 g/mol. The first-order valence-corrected chi connectivity index (χ1v) is 8.90.